The molecule has 0 aromatic heterocycles. The standard InChI is InChI=1S/C12H10F4N2O2/c1-7-6-11(20,12(14,15)16)18(17-7)10(19)8-2-4-9(13)5-3-8/h2-5,20H,6H2,1H3/t11-/m0/s1. The van der Waals surface area contributed by atoms with Crippen molar-refractivity contribution in [3.63, 3.8) is 0 Å². The number of hydrogen-bond donors (Lipinski definition) is 1. The van der Waals surface area contributed by atoms with Gasteiger partial charge in [-0.1, -0.05) is 0 Å². The molecule has 108 valence electrons. The lowest BCUT2D eigenvalue weighted by Gasteiger charge is -2.32. The van der Waals surface area contributed by atoms with Gasteiger partial charge in [0.15, 0.2) is 0 Å². The summed E-state index contributed by atoms with van der Waals surface area (Å²) in [7, 11) is 0. The van der Waals surface area contributed by atoms with E-state index in [1.807, 2.05) is 0 Å². The number of halogens is 4. The van der Waals surface area contributed by atoms with E-state index in [0.29, 0.717) is 0 Å². The van der Waals surface area contributed by atoms with E-state index >= 15 is 0 Å². The Bertz CT molecular complexity index is 568. The second-order valence-corrected chi connectivity index (χ2v) is 4.45. The van der Waals surface area contributed by atoms with E-state index < -0.39 is 30.0 Å². The summed E-state index contributed by atoms with van der Waals surface area (Å²) in [6.45, 7) is 1.27. The van der Waals surface area contributed by atoms with Crippen molar-refractivity contribution < 1.29 is 27.5 Å². The molecule has 20 heavy (non-hydrogen) atoms. The molecule has 1 atom stereocenters. The highest BCUT2D eigenvalue weighted by Crippen LogP contribution is 2.40. The van der Waals surface area contributed by atoms with Crippen molar-refractivity contribution in [2.24, 2.45) is 5.10 Å². The second-order valence-electron chi connectivity index (χ2n) is 4.45. The highest BCUT2D eigenvalue weighted by Gasteiger charge is 2.62. The van der Waals surface area contributed by atoms with E-state index in [-0.39, 0.29) is 16.3 Å². The van der Waals surface area contributed by atoms with Crippen LogP contribution in [-0.2, 0) is 0 Å². The number of hydrogen-bond acceptors (Lipinski definition) is 3. The Morgan fingerprint density at radius 2 is 1.90 bits per heavy atom. The van der Waals surface area contributed by atoms with Gasteiger partial charge in [0.05, 0.1) is 0 Å². The van der Waals surface area contributed by atoms with Crippen molar-refractivity contribution >= 4 is 11.6 Å². The van der Waals surface area contributed by atoms with Crippen molar-refractivity contribution in [1.29, 1.82) is 0 Å². The number of benzene rings is 1. The van der Waals surface area contributed by atoms with Crippen molar-refractivity contribution in [3.8, 4) is 0 Å². The van der Waals surface area contributed by atoms with Gasteiger partial charge in [0.1, 0.15) is 5.82 Å². The molecule has 0 saturated heterocycles. The smallest absolute Gasteiger partial charge is 0.362 e. The molecule has 0 bridgehead atoms. The van der Waals surface area contributed by atoms with Crippen LogP contribution in [0.5, 0.6) is 0 Å². The summed E-state index contributed by atoms with van der Waals surface area (Å²) < 4.78 is 51.5. The number of carbonyl (C=O) groups excluding carboxylic acids is 1. The van der Waals surface area contributed by atoms with Crippen LogP contribution in [-0.4, -0.2) is 33.6 Å². The van der Waals surface area contributed by atoms with Crippen molar-refractivity contribution in [2.75, 3.05) is 0 Å². The first-order valence-corrected chi connectivity index (χ1v) is 5.58. The first kappa shape index (κ1) is 14.4. The average molecular weight is 290 g/mol. The number of carbonyl (C=O) groups is 1. The lowest BCUT2D eigenvalue weighted by atomic mass is 10.1. The molecular formula is C12H10F4N2O2. The normalized spacial score (nSPS) is 22.9. The highest BCUT2D eigenvalue weighted by molar-refractivity contribution is 5.97. The fraction of sp³-hybridized carbons (Fsp3) is 0.333. The first-order valence-electron chi connectivity index (χ1n) is 5.58. The summed E-state index contributed by atoms with van der Waals surface area (Å²) in [5.74, 6) is -1.78. The van der Waals surface area contributed by atoms with Gasteiger partial charge in [0.2, 0.25) is 0 Å². The molecule has 1 amide bonds. The predicted molar refractivity (Wildman–Crippen MR) is 61.3 cm³/mol. The molecule has 1 N–H and O–H groups in total. The summed E-state index contributed by atoms with van der Waals surface area (Å²) in [5, 5.41) is 13.2. The molecule has 1 aliphatic heterocycles. The predicted octanol–water partition coefficient (Wildman–Crippen LogP) is 2.30. The number of rotatable bonds is 1. The number of nitrogens with zero attached hydrogens (tertiary/aromatic N) is 2. The molecule has 0 aliphatic carbocycles. The maximum atomic E-state index is 12.9. The van der Waals surface area contributed by atoms with E-state index in [1.54, 1.807) is 0 Å². The summed E-state index contributed by atoms with van der Waals surface area (Å²) in [5.41, 5.74) is -3.60. The summed E-state index contributed by atoms with van der Waals surface area (Å²) >= 11 is 0. The van der Waals surface area contributed by atoms with Crippen LogP contribution in [0.4, 0.5) is 17.6 Å². The molecule has 0 fully saturated rings. The Balaban J connectivity index is 2.39. The van der Waals surface area contributed by atoms with Crippen LogP contribution < -0.4 is 0 Å². The summed E-state index contributed by atoms with van der Waals surface area (Å²) in [6.07, 6.45) is -5.87. The van der Waals surface area contributed by atoms with E-state index in [1.165, 1.54) is 6.92 Å². The zero-order chi connectivity index (χ0) is 15.1. The van der Waals surface area contributed by atoms with Crippen LogP contribution in [0, 0.1) is 5.82 Å². The molecule has 1 heterocycles. The Morgan fingerprint density at radius 1 is 1.35 bits per heavy atom. The van der Waals surface area contributed by atoms with Gasteiger partial charge in [0, 0.05) is 17.7 Å². The van der Waals surface area contributed by atoms with Crippen LogP contribution in [0.2, 0.25) is 0 Å². The van der Waals surface area contributed by atoms with Gasteiger partial charge in [-0.25, -0.2) is 4.39 Å². The average Bonchev–Trinajstić information content (AvgIpc) is 2.65. The Labute approximate surface area is 111 Å². The second kappa shape index (κ2) is 4.55. The molecular weight excluding hydrogens is 280 g/mol. The molecule has 1 aromatic rings. The van der Waals surface area contributed by atoms with E-state index in [9.17, 15) is 27.5 Å². The van der Waals surface area contributed by atoms with Gasteiger partial charge in [-0.05, 0) is 31.2 Å². The Hall–Kier alpha value is -1.96. The zero-order valence-corrected chi connectivity index (χ0v) is 10.3. The summed E-state index contributed by atoms with van der Waals surface area (Å²) in [6, 6.07) is 3.92. The number of alkyl halides is 3. The lowest BCUT2D eigenvalue weighted by Crippen LogP contribution is -2.56. The minimum Gasteiger partial charge on any atom is -0.362 e. The molecule has 0 saturated carbocycles. The topological polar surface area (TPSA) is 52.9 Å². The first-order chi connectivity index (χ1) is 9.15. The number of aliphatic hydroxyl groups is 1. The third-order valence-corrected chi connectivity index (χ3v) is 2.86. The zero-order valence-electron chi connectivity index (χ0n) is 10.3. The van der Waals surface area contributed by atoms with Crippen molar-refractivity contribution in [2.45, 2.75) is 25.2 Å². The summed E-state index contributed by atoms with van der Waals surface area (Å²) in [4.78, 5) is 12.0. The number of hydrazone groups is 1. The largest absolute Gasteiger partial charge is 0.438 e. The van der Waals surface area contributed by atoms with Crippen LogP contribution in [0.15, 0.2) is 29.4 Å². The van der Waals surface area contributed by atoms with Gasteiger partial charge in [0.25, 0.3) is 11.6 Å². The minimum absolute atomic E-state index is 0.00439. The maximum Gasteiger partial charge on any atom is 0.438 e. The minimum atomic E-state index is -5.05. The van der Waals surface area contributed by atoms with Gasteiger partial charge in [-0.15, -0.1) is 0 Å². The quantitative estimate of drug-likeness (QED) is 0.807. The molecule has 0 unspecified atom stereocenters. The van der Waals surface area contributed by atoms with E-state index in [2.05, 4.69) is 5.10 Å². The molecule has 0 spiro atoms. The molecule has 1 aliphatic rings. The third kappa shape index (κ3) is 2.26. The van der Waals surface area contributed by atoms with Crippen LogP contribution in [0.25, 0.3) is 0 Å². The van der Waals surface area contributed by atoms with Crippen molar-refractivity contribution in [1.82, 2.24) is 5.01 Å². The lowest BCUT2D eigenvalue weighted by molar-refractivity contribution is -0.297. The fourth-order valence-electron chi connectivity index (χ4n) is 1.87. The number of amides is 1. The van der Waals surface area contributed by atoms with E-state index in [4.69, 9.17) is 0 Å². The molecule has 0 radical (unpaired) electrons. The molecule has 8 heteroatoms. The highest BCUT2D eigenvalue weighted by atomic mass is 19.4. The monoisotopic (exact) mass is 290 g/mol. The van der Waals surface area contributed by atoms with Crippen molar-refractivity contribution in [3.05, 3.63) is 35.6 Å². The van der Waals surface area contributed by atoms with Crippen LogP contribution in [0.1, 0.15) is 23.7 Å². The fourth-order valence-corrected chi connectivity index (χ4v) is 1.87. The SMILES string of the molecule is CC1=NN(C(=O)c2ccc(F)cc2)[C@@](O)(C(F)(F)F)C1. The van der Waals surface area contributed by atoms with Crippen LogP contribution in [0.3, 0.4) is 0 Å². The Morgan fingerprint density at radius 3 is 2.40 bits per heavy atom. The van der Waals surface area contributed by atoms with E-state index in [0.717, 1.165) is 24.3 Å². The van der Waals surface area contributed by atoms with Gasteiger partial charge >= 0.3 is 6.18 Å². The third-order valence-electron chi connectivity index (χ3n) is 2.86. The van der Waals surface area contributed by atoms with Gasteiger partial charge < -0.3 is 5.11 Å². The molecule has 2 rings (SSSR count). The van der Waals surface area contributed by atoms with Gasteiger partial charge in [-0.3, -0.25) is 4.79 Å². The molecule has 1 aromatic carbocycles. The molecule has 4 nitrogen and oxygen atoms in total. The maximum absolute atomic E-state index is 12.9. The van der Waals surface area contributed by atoms with Gasteiger partial charge in [-0.2, -0.15) is 23.3 Å². The van der Waals surface area contributed by atoms with Crippen LogP contribution >= 0.6 is 0 Å². The Kier molecular flexibility index (Phi) is 3.29.